The van der Waals surface area contributed by atoms with Gasteiger partial charge in [0.25, 0.3) is 17.4 Å². The minimum atomic E-state index is -2.69. The fourth-order valence-corrected chi connectivity index (χ4v) is 6.38. The van der Waals surface area contributed by atoms with Gasteiger partial charge in [0.2, 0.25) is 0 Å². The van der Waals surface area contributed by atoms with Crippen molar-refractivity contribution in [3.05, 3.63) is 58.0 Å². The lowest BCUT2D eigenvalue weighted by Crippen LogP contribution is -2.58. The first-order valence-corrected chi connectivity index (χ1v) is 14.8. The highest BCUT2D eigenvalue weighted by molar-refractivity contribution is 5.94. The maximum absolute atomic E-state index is 13.6. The number of alkyl halides is 2. The molecule has 3 atom stereocenters. The molecule has 11 heteroatoms. The molecule has 224 valence electrons. The molecule has 9 nitrogen and oxygen atoms in total. The summed E-state index contributed by atoms with van der Waals surface area (Å²) in [6, 6.07) is 11.8. The molecule has 2 aliphatic heterocycles. The second kappa shape index (κ2) is 11.8. The van der Waals surface area contributed by atoms with Gasteiger partial charge in [-0.1, -0.05) is 26.0 Å². The van der Waals surface area contributed by atoms with E-state index in [1.54, 1.807) is 28.6 Å². The zero-order chi connectivity index (χ0) is 30.2. The summed E-state index contributed by atoms with van der Waals surface area (Å²) in [6.45, 7) is 8.26. The van der Waals surface area contributed by atoms with Gasteiger partial charge in [-0.25, -0.2) is 8.78 Å². The standard InChI is InChI=1S/C31H39F2N7O2/c1-5-24-19-40(26-17-28(41)36(4)27-20-38(16-13-34)35-29(26)27)25(6-2)18-39(24)21(3)22-7-9-23(10-8-22)30(42)37-14-11-31(32,33)12-15-37/h7-10,17,20-21,24-25H,5-6,11-12,14-16,18-19H2,1-4H3/t21?,24-,25+/m1/s1. The number of piperidine rings is 1. The molecule has 2 saturated heterocycles. The van der Waals surface area contributed by atoms with Gasteiger partial charge < -0.3 is 14.4 Å². The van der Waals surface area contributed by atoms with Crippen LogP contribution < -0.4 is 10.5 Å². The molecule has 4 heterocycles. The number of nitriles is 1. The third kappa shape index (κ3) is 5.64. The molecule has 5 rings (SSSR count). The monoisotopic (exact) mass is 579 g/mol. The van der Waals surface area contributed by atoms with Gasteiger partial charge in [0.05, 0.1) is 23.5 Å². The molecule has 0 saturated carbocycles. The number of nitrogens with zero attached hydrogens (tertiary/aromatic N) is 7. The summed E-state index contributed by atoms with van der Waals surface area (Å²) in [6.07, 6.45) is 2.96. The van der Waals surface area contributed by atoms with E-state index in [1.165, 1.54) is 4.90 Å². The highest BCUT2D eigenvalue weighted by Crippen LogP contribution is 2.35. The Kier molecular flexibility index (Phi) is 8.37. The van der Waals surface area contributed by atoms with Gasteiger partial charge in [-0.05, 0) is 37.5 Å². The van der Waals surface area contributed by atoms with E-state index in [0.29, 0.717) is 11.1 Å². The van der Waals surface area contributed by atoms with E-state index in [2.05, 4.69) is 41.7 Å². The molecule has 0 aliphatic carbocycles. The molecule has 42 heavy (non-hydrogen) atoms. The number of aryl methyl sites for hydroxylation is 1. The molecule has 0 radical (unpaired) electrons. The number of hydrogen-bond acceptors (Lipinski definition) is 6. The summed E-state index contributed by atoms with van der Waals surface area (Å²) in [4.78, 5) is 32.2. The smallest absolute Gasteiger partial charge is 0.253 e. The Morgan fingerprint density at radius 1 is 1.12 bits per heavy atom. The Labute approximate surface area is 244 Å². The Bertz CT molecular complexity index is 1530. The van der Waals surface area contributed by atoms with Crippen molar-refractivity contribution in [1.82, 2.24) is 24.1 Å². The van der Waals surface area contributed by atoms with E-state index >= 15 is 0 Å². The number of hydrogen-bond donors (Lipinski definition) is 0. The lowest BCUT2D eigenvalue weighted by molar-refractivity contribution is -0.0494. The number of anilines is 1. The van der Waals surface area contributed by atoms with E-state index < -0.39 is 5.92 Å². The third-order valence-electron chi connectivity index (χ3n) is 9.08. The third-order valence-corrected chi connectivity index (χ3v) is 9.08. The van der Waals surface area contributed by atoms with Crippen molar-refractivity contribution in [2.75, 3.05) is 31.1 Å². The molecular formula is C31H39F2N7O2. The van der Waals surface area contributed by atoms with E-state index in [9.17, 15) is 23.6 Å². The Balaban J connectivity index is 1.36. The average Bonchev–Trinajstić information content (AvgIpc) is 3.42. The fourth-order valence-electron chi connectivity index (χ4n) is 6.38. The van der Waals surface area contributed by atoms with Gasteiger partial charge in [0, 0.05) is 75.8 Å². The van der Waals surface area contributed by atoms with E-state index in [1.807, 2.05) is 24.3 Å². The van der Waals surface area contributed by atoms with Crippen LogP contribution in [0.25, 0.3) is 11.0 Å². The number of halogens is 2. The zero-order valence-corrected chi connectivity index (χ0v) is 24.8. The molecule has 1 aromatic carbocycles. The lowest BCUT2D eigenvalue weighted by atomic mass is 9.96. The predicted octanol–water partition coefficient (Wildman–Crippen LogP) is 4.57. The van der Waals surface area contributed by atoms with E-state index in [0.717, 1.165) is 42.7 Å². The molecule has 0 spiro atoms. The topological polar surface area (TPSA) is 90.4 Å². The Morgan fingerprint density at radius 3 is 2.40 bits per heavy atom. The van der Waals surface area contributed by atoms with Gasteiger partial charge in [-0.2, -0.15) is 10.4 Å². The first-order valence-electron chi connectivity index (χ1n) is 14.8. The van der Waals surface area contributed by atoms with Crippen LogP contribution in [0.15, 0.2) is 41.3 Å². The van der Waals surface area contributed by atoms with Crippen LogP contribution >= 0.6 is 0 Å². The van der Waals surface area contributed by atoms with Crippen LogP contribution in [-0.4, -0.2) is 74.2 Å². The van der Waals surface area contributed by atoms with Gasteiger partial charge in [-0.15, -0.1) is 0 Å². The van der Waals surface area contributed by atoms with E-state index in [-0.39, 0.29) is 62.1 Å². The number of carbonyl (C=O) groups excluding carboxylic acids is 1. The Morgan fingerprint density at radius 2 is 1.79 bits per heavy atom. The Hall–Kier alpha value is -3.78. The number of fused-ring (bicyclic) bond motifs is 1. The van der Waals surface area contributed by atoms with Gasteiger partial charge in [-0.3, -0.25) is 19.2 Å². The van der Waals surface area contributed by atoms with Crippen LogP contribution in [0.5, 0.6) is 0 Å². The van der Waals surface area contributed by atoms with Crippen molar-refractivity contribution < 1.29 is 13.6 Å². The molecule has 1 amide bonds. The van der Waals surface area contributed by atoms with Crippen LogP contribution in [-0.2, 0) is 13.6 Å². The average molecular weight is 580 g/mol. The number of amides is 1. The van der Waals surface area contributed by atoms with Crippen LogP contribution in [0, 0.1) is 11.3 Å². The molecule has 0 bridgehead atoms. The highest BCUT2D eigenvalue weighted by atomic mass is 19.3. The number of rotatable bonds is 7. The molecule has 1 unspecified atom stereocenters. The summed E-state index contributed by atoms with van der Waals surface area (Å²) in [5, 5.41) is 13.9. The number of aromatic nitrogens is 3. The first-order chi connectivity index (χ1) is 20.1. The SMILES string of the molecule is CC[C@H]1CN(C(C)c2ccc(C(=O)N3CCC(F)(F)CC3)cc2)[C@H](CC)CN1c1cc(=O)n(C)c2cn(CC#N)nc12. The van der Waals surface area contributed by atoms with Gasteiger partial charge >= 0.3 is 0 Å². The second-order valence-electron chi connectivity index (χ2n) is 11.6. The number of pyridine rings is 1. The minimum Gasteiger partial charge on any atom is -0.364 e. The summed E-state index contributed by atoms with van der Waals surface area (Å²) in [7, 11) is 1.72. The largest absolute Gasteiger partial charge is 0.364 e. The van der Waals surface area contributed by atoms with Crippen LogP contribution in [0.4, 0.5) is 14.5 Å². The normalized spacial score (nSPS) is 21.8. The van der Waals surface area contributed by atoms with E-state index in [4.69, 9.17) is 0 Å². The number of benzene rings is 1. The first kappa shape index (κ1) is 29.7. The maximum atomic E-state index is 13.6. The summed E-state index contributed by atoms with van der Waals surface area (Å²) >= 11 is 0. The van der Waals surface area contributed by atoms with Crippen molar-refractivity contribution in [1.29, 1.82) is 5.26 Å². The van der Waals surface area contributed by atoms with Crippen LogP contribution in [0.1, 0.15) is 68.4 Å². The van der Waals surface area contributed by atoms with Crippen molar-refractivity contribution in [2.45, 2.75) is 77.0 Å². The molecular weight excluding hydrogens is 540 g/mol. The van der Waals surface area contributed by atoms with Crippen molar-refractivity contribution >= 4 is 22.6 Å². The molecule has 3 aromatic rings. The molecule has 2 fully saturated rings. The molecule has 2 aliphatic rings. The quantitative estimate of drug-likeness (QED) is 0.408. The zero-order valence-electron chi connectivity index (χ0n) is 24.8. The summed E-state index contributed by atoms with van der Waals surface area (Å²) in [5.74, 6) is -2.89. The van der Waals surface area contributed by atoms with Gasteiger partial charge in [0.15, 0.2) is 0 Å². The predicted molar refractivity (Wildman–Crippen MR) is 158 cm³/mol. The van der Waals surface area contributed by atoms with Crippen molar-refractivity contribution in [2.24, 2.45) is 7.05 Å². The van der Waals surface area contributed by atoms with Crippen LogP contribution in [0.2, 0.25) is 0 Å². The molecule has 0 N–H and O–H groups in total. The second-order valence-corrected chi connectivity index (χ2v) is 11.6. The minimum absolute atomic E-state index is 0.0727. The fraction of sp³-hybridized carbons (Fsp3) is 0.548. The summed E-state index contributed by atoms with van der Waals surface area (Å²) < 4.78 is 30.3. The lowest BCUT2D eigenvalue weighted by Gasteiger charge is -2.49. The van der Waals surface area contributed by atoms with Crippen molar-refractivity contribution in [3.63, 3.8) is 0 Å². The van der Waals surface area contributed by atoms with Gasteiger partial charge in [0.1, 0.15) is 12.1 Å². The molecule has 2 aromatic heterocycles. The maximum Gasteiger partial charge on any atom is 0.253 e. The van der Waals surface area contributed by atoms with Crippen LogP contribution in [0.3, 0.4) is 0 Å². The number of likely N-dealkylation sites (tertiary alicyclic amines) is 1. The van der Waals surface area contributed by atoms with Crippen molar-refractivity contribution in [3.8, 4) is 6.07 Å². The number of piperazine rings is 1. The summed E-state index contributed by atoms with van der Waals surface area (Å²) in [5.41, 5.74) is 3.73. The number of carbonyl (C=O) groups is 1. The highest BCUT2D eigenvalue weighted by Gasteiger charge is 2.37.